The molecule has 1 N–H and O–H groups in total. The molecule has 0 aliphatic carbocycles. The molecule has 0 spiro atoms. The van der Waals surface area contributed by atoms with Gasteiger partial charge in [0, 0.05) is 40.8 Å². The van der Waals surface area contributed by atoms with E-state index in [-0.39, 0.29) is 0 Å². The number of hydrogen-bond donors (Lipinski definition) is 1. The van der Waals surface area contributed by atoms with Crippen LogP contribution in [-0.2, 0) is 4.74 Å². The Kier molecular flexibility index (Phi) is 6.78. The van der Waals surface area contributed by atoms with E-state index in [9.17, 15) is 0 Å². The summed E-state index contributed by atoms with van der Waals surface area (Å²) in [6.45, 7) is 6.34. The van der Waals surface area contributed by atoms with Crippen molar-refractivity contribution in [1.29, 1.82) is 0 Å². The lowest BCUT2D eigenvalue weighted by molar-refractivity contribution is 0.0376. The molecule has 3 nitrogen and oxygen atoms in total. The second-order valence-electron chi connectivity index (χ2n) is 2.78. The third kappa shape index (κ3) is 4.86. The number of morpholine rings is 1. The number of nitrogens with one attached hydrogen (secondary N) is 1. The maximum Gasteiger partial charge on any atom is 0.0594 e. The van der Waals surface area contributed by atoms with Crippen molar-refractivity contribution < 1.29 is 4.74 Å². The van der Waals surface area contributed by atoms with Crippen LogP contribution in [0.3, 0.4) is 0 Å². The van der Waals surface area contributed by atoms with E-state index < -0.39 is 0 Å². The topological polar surface area (TPSA) is 24.5 Å². The predicted molar refractivity (Wildman–Crippen MR) is 61.5 cm³/mol. The molecule has 0 amide bonds. The van der Waals surface area contributed by atoms with E-state index in [2.05, 4.69) is 30.8 Å². The average molecular weight is 302 g/mol. The monoisotopic (exact) mass is 302 g/mol. The van der Waals surface area contributed by atoms with Gasteiger partial charge in [-0.3, -0.25) is 9.62 Å². The van der Waals surface area contributed by atoms with E-state index in [1.807, 2.05) is 0 Å². The first-order chi connectivity index (χ1) is 5.93. The fourth-order valence-electron chi connectivity index (χ4n) is 1.24. The van der Waals surface area contributed by atoms with E-state index >= 15 is 0 Å². The van der Waals surface area contributed by atoms with Crippen LogP contribution in [0, 0.1) is 0 Å². The van der Waals surface area contributed by atoms with Gasteiger partial charge in [-0.15, -0.1) is 0 Å². The lowest BCUT2D eigenvalue weighted by Crippen LogP contribution is -2.37. The van der Waals surface area contributed by atoms with Crippen LogP contribution in [0.5, 0.6) is 0 Å². The summed E-state index contributed by atoms with van der Waals surface area (Å²) in [5.41, 5.74) is 0. The van der Waals surface area contributed by atoms with Crippen LogP contribution < -0.4 is 4.72 Å². The van der Waals surface area contributed by atoms with E-state index in [4.69, 9.17) is 4.74 Å². The largest absolute Gasteiger partial charge is 0.379 e. The number of rotatable bonds is 5. The van der Waals surface area contributed by atoms with Crippen LogP contribution >= 0.6 is 30.3 Å². The molecule has 0 atom stereocenters. The molecule has 0 aromatic carbocycles. The van der Waals surface area contributed by atoms with E-state index in [1.165, 1.54) is 13.0 Å². The molecule has 12 heavy (non-hydrogen) atoms. The fourth-order valence-corrected chi connectivity index (χ4v) is 2.12. The van der Waals surface area contributed by atoms with Gasteiger partial charge in [0.15, 0.2) is 0 Å². The van der Waals surface area contributed by atoms with Crippen LogP contribution in [0.4, 0.5) is 0 Å². The summed E-state index contributed by atoms with van der Waals surface area (Å²) in [6.07, 6.45) is 1.23. The smallest absolute Gasteiger partial charge is 0.0594 e. The highest BCUT2D eigenvalue weighted by Crippen LogP contribution is 2.04. The minimum atomic E-state index is 0.911. The second kappa shape index (κ2) is 7.37. The van der Waals surface area contributed by atoms with Crippen molar-refractivity contribution in [2.75, 3.05) is 39.4 Å². The quantitative estimate of drug-likeness (QED) is 0.470. The molecule has 0 bridgehead atoms. The molecular formula is C7H15IN2OS. The summed E-state index contributed by atoms with van der Waals surface area (Å²) in [4.78, 5) is 2.46. The summed E-state index contributed by atoms with van der Waals surface area (Å²) < 4.78 is 8.50. The lowest BCUT2D eigenvalue weighted by atomic mass is 10.3. The summed E-state index contributed by atoms with van der Waals surface area (Å²) in [5, 5.41) is 0. The van der Waals surface area contributed by atoms with Crippen LogP contribution in [0.15, 0.2) is 0 Å². The van der Waals surface area contributed by atoms with Gasteiger partial charge >= 0.3 is 0 Å². The minimum Gasteiger partial charge on any atom is -0.379 e. The van der Waals surface area contributed by atoms with Gasteiger partial charge in [-0.25, -0.2) is 0 Å². The lowest BCUT2D eigenvalue weighted by Gasteiger charge is -2.26. The van der Waals surface area contributed by atoms with E-state index in [0.29, 0.717) is 0 Å². The first-order valence-corrected chi connectivity index (χ1v) is 7.60. The van der Waals surface area contributed by atoms with Crippen LogP contribution in [0.25, 0.3) is 0 Å². The highest BCUT2D eigenvalue weighted by atomic mass is 127. The molecular weight excluding hydrogens is 287 g/mol. The molecule has 0 radical (unpaired) electrons. The Hall–Kier alpha value is 0.960. The molecule has 0 aromatic heterocycles. The summed E-state index contributed by atoms with van der Waals surface area (Å²) in [6, 6.07) is 0. The van der Waals surface area contributed by atoms with Crippen molar-refractivity contribution in [3.8, 4) is 0 Å². The van der Waals surface area contributed by atoms with E-state index in [0.717, 1.165) is 32.8 Å². The van der Waals surface area contributed by atoms with Gasteiger partial charge < -0.3 is 4.74 Å². The second-order valence-corrected chi connectivity index (χ2v) is 4.54. The number of halogens is 1. The van der Waals surface area contributed by atoms with Crippen molar-refractivity contribution in [3.63, 3.8) is 0 Å². The van der Waals surface area contributed by atoms with Gasteiger partial charge in [0.05, 0.1) is 13.2 Å². The molecule has 5 heteroatoms. The zero-order valence-corrected chi connectivity index (χ0v) is 10.1. The maximum atomic E-state index is 5.26. The molecule has 1 heterocycles. The van der Waals surface area contributed by atoms with Crippen LogP contribution in [-0.4, -0.2) is 44.3 Å². The number of nitrogens with zero attached hydrogens (tertiary/aromatic N) is 1. The van der Waals surface area contributed by atoms with Crippen molar-refractivity contribution in [1.82, 2.24) is 9.62 Å². The Morgan fingerprint density at radius 3 is 2.83 bits per heavy atom. The first-order valence-electron chi connectivity index (χ1n) is 4.24. The number of ether oxygens (including phenoxy) is 1. The number of hydrogen-bond acceptors (Lipinski definition) is 4. The van der Waals surface area contributed by atoms with Gasteiger partial charge in [-0.05, 0) is 22.1 Å². The molecule has 0 aromatic rings. The molecule has 1 aliphatic heterocycles. The third-order valence-corrected chi connectivity index (χ3v) is 3.16. The van der Waals surface area contributed by atoms with Gasteiger partial charge in [-0.1, -0.05) is 0 Å². The maximum absolute atomic E-state index is 5.26. The predicted octanol–water partition coefficient (Wildman–Crippen LogP) is 1.30. The van der Waals surface area contributed by atoms with Crippen molar-refractivity contribution in [2.45, 2.75) is 6.42 Å². The van der Waals surface area contributed by atoms with Crippen LogP contribution in [0.1, 0.15) is 6.42 Å². The Bertz CT molecular complexity index is 112. The van der Waals surface area contributed by atoms with Gasteiger partial charge in [0.25, 0.3) is 0 Å². The first kappa shape index (κ1) is 11.0. The zero-order valence-electron chi connectivity index (χ0n) is 7.09. The van der Waals surface area contributed by atoms with Gasteiger partial charge in [0.1, 0.15) is 0 Å². The molecule has 1 saturated heterocycles. The minimum absolute atomic E-state index is 0.911. The Balaban J connectivity index is 1.91. The van der Waals surface area contributed by atoms with E-state index in [1.54, 1.807) is 9.12 Å². The van der Waals surface area contributed by atoms with Crippen molar-refractivity contribution >= 4 is 30.3 Å². The average Bonchev–Trinajstić information content (AvgIpc) is 2.14. The molecule has 1 fully saturated rings. The molecule has 1 rings (SSSR count). The highest BCUT2D eigenvalue weighted by molar-refractivity contribution is 14.2. The van der Waals surface area contributed by atoms with Gasteiger partial charge in [-0.2, -0.15) is 0 Å². The normalized spacial score (nSPS) is 19.8. The summed E-state index contributed by atoms with van der Waals surface area (Å²) >= 11 is 2.25. The van der Waals surface area contributed by atoms with Crippen LogP contribution in [0.2, 0.25) is 0 Å². The molecule has 0 unspecified atom stereocenters. The standard InChI is InChI=1S/C7H15IN2OS/c8-12-9-2-1-3-10-4-6-11-7-5-10/h9H,1-7H2. The Labute approximate surface area is 90.3 Å². The Morgan fingerprint density at radius 2 is 2.17 bits per heavy atom. The highest BCUT2D eigenvalue weighted by Gasteiger charge is 2.08. The SMILES string of the molecule is ISNCCCN1CCOCC1. The zero-order chi connectivity index (χ0) is 8.65. The molecule has 0 saturated carbocycles. The third-order valence-electron chi connectivity index (χ3n) is 1.91. The van der Waals surface area contributed by atoms with Crippen molar-refractivity contribution in [3.05, 3.63) is 0 Å². The fraction of sp³-hybridized carbons (Fsp3) is 1.00. The molecule has 72 valence electrons. The Morgan fingerprint density at radius 1 is 1.42 bits per heavy atom. The van der Waals surface area contributed by atoms with Gasteiger partial charge in [0.2, 0.25) is 0 Å². The summed E-state index contributed by atoms with van der Waals surface area (Å²) in [7, 11) is 1.67. The van der Waals surface area contributed by atoms with Crippen molar-refractivity contribution in [2.24, 2.45) is 0 Å². The molecule has 1 aliphatic rings. The summed E-state index contributed by atoms with van der Waals surface area (Å²) in [5.74, 6) is 0.